The summed E-state index contributed by atoms with van der Waals surface area (Å²) in [5.41, 5.74) is 2.23. The zero-order valence-corrected chi connectivity index (χ0v) is 16.3. The minimum absolute atomic E-state index is 0.0694. The monoisotopic (exact) mass is 422 g/mol. The normalized spacial score (nSPS) is 15.2. The number of aromatic carboxylic acids is 1. The third-order valence-corrected chi connectivity index (χ3v) is 5.49. The van der Waals surface area contributed by atoms with E-state index in [9.17, 15) is 18.8 Å². The van der Waals surface area contributed by atoms with Crippen molar-refractivity contribution in [2.75, 3.05) is 0 Å². The second kappa shape index (κ2) is 8.00. The van der Waals surface area contributed by atoms with Gasteiger partial charge in [-0.1, -0.05) is 12.1 Å². The molecule has 0 atom stereocenters. The summed E-state index contributed by atoms with van der Waals surface area (Å²) in [4.78, 5) is 37.5. The molecule has 6 nitrogen and oxygen atoms in total. The Morgan fingerprint density at radius 3 is 2.40 bits per heavy atom. The predicted octanol–water partition coefficient (Wildman–Crippen LogP) is 4.55. The Morgan fingerprint density at radius 1 is 1.03 bits per heavy atom. The van der Waals surface area contributed by atoms with Gasteiger partial charge in [-0.2, -0.15) is 0 Å². The SMILES string of the molecule is O=C(O)c1ccc(-n2cccc2/C=C2\SC(=O)N(Cc3ccc(F)cc3)C2=O)cc1. The van der Waals surface area contributed by atoms with Gasteiger partial charge >= 0.3 is 5.97 Å². The molecule has 2 amide bonds. The second-order valence-corrected chi connectivity index (χ2v) is 7.54. The lowest BCUT2D eigenvalue weighted by Crippen LogP contribution is -2.27. The molecule has 1 fully saturated rings. The minimum Gasteiger partial charge on any atom is -0.478 e. The van der Waals surface area contributed by atoms with Gasteiger partial charge in [0, 0.05) is 17.6 Å². The minimum atomic E-state index is -1.01. The van der Waals surface area contributed by atoms with E-state index in [0.717, 1.165) is 22.3 Å². The van der Waals surface area contributed by atoms with E-state index in [1.54, 1.807) is 41.1 Å². The molecule has 0 aliphatic carbocycles. The number of aromatic nitrogens is 1. The van der Waals surface area contributed by atoms with Crippen LogP contribution >= 0.6 is 11.8 Å². The Balaban J connectivity index is 1.58. The number of imide groups is 1. The fourth-order valence-corrected chi connectivity index (χ4v) is 3.88. The maximum absolute atomic E-state index is 13.1. The van der Waals surface area contributed by atoms with Crippen LogP contribution in [-0.2, 0) is 11.3 Å². The first-order valence-electron chi connectivity index (χ1n) is 8.93. The summed E-state index contributed by atoms with van der Waals surface area (Å²) in [5.74, 6) is -1.81. The van der Waals surface area contributed by atoms with Crippen LogP contribution in [0.2, 0.25) is 0 Å². The fourth-order valence-electron chi connectivity index (χ4n) is 3.05. The van der Waals surface area contributed by atoms with E-state index in [2.05, 4.69) is 0 Å². The van der Waals surface area contributed by atoms with Gasteiger partial charge in [0.25, 0.3) is 11.1 Å². The average Bonchev–Trinajstić information content (AvgIpc) is 3.30. The number of carboxylic acids is 1. The predicted molar refractivity (Wildman–Crippen MR) is 111 cm³/mol. The molecule has 0 bridgehead atoms. The van der Waals surface area contributed by atoms with Crippen LogP contribution < -0.4 is 0 Å². The van der Waals surface area contributed by atoms with Crippen molar-refractivity contribution in [3.8, 4) is 5.69 Å². The highest BCUT2D eigenvalue weighted by Crippen LogP contribution is 2.33. The first kappa shape index (κ1) is 19.7. The van der Waals surface area contributed by atoms with Crippen molar-refractivity contribution in [2.45, 2.75) is 6.54 Å². The summed E-state index contributed by atoms with van der Waals surface area (Å²) in [6, 6.07) is 15.6. The molecule has 2 heterocycles. The van der Waals surface area contributed by atoms with E-state index in [0.29, 0.717) is 11.3 Å². The molecule has 30 heavy (non-hydrogen) atoms. The lowest BCUT2D eigenvalue weighted by Gasteiger charge is -2.12. The van der Waals surface area contributed by atoms with Crippen molar-refractivity contribution in [1.82, 2.24) is 9.47 Å². The third-order valence-electron chi connectivity index (χ3n) is 4.58. The lowest BCUT2D eigenvalue weighted by molar-refractivity contribution is -0.123. The lowest BCUT2D eigenvalue weighted by atomic mass is 10.2. The van der Waals surface area contributed by atoms with Crippen LogP contribution in [0.3, 0.4) is 0 Å². The van der Waals surface area contributed by atoms with Gasteiger partial charge < -0.3 is 9.67 Å². The molecule has 1 saturated heterocycles. The smallest absolute Gasteiger partial charge is 0.335 e. The molecule has 1 N–H and O–H groups in total. The molecular weight excluding hydrogens is 407 g/mol. The van der Waals surface area contributed by atoms with Crippen LogP contribution in [0.1, 0.15) is 21.6 Å². The molecule has 3 aromatic rings. The maximum atomic E-state index is 13.1. The van der Waals surface area contributed by atoms with E-state index in [1.807, 2.05) is 0 Å². The number of nitrogens with zero attached hydrogens (tertiary/aromatic N) is 2. The molecular formula is C22H15FN2O4S. The molecule has 0 saturated carbocycles. The first-order valence-corrected chi connectivity index (χ1v) is 9.75. The Hall–Kier alpha value is -3.65. The summed E-state index contributed by atoms with van der Waals surface area (Å²) in [6.45, 7) is 0.0694. The van der Waals surface area contributed by atoms with Gasteiger partial charge in [0.1, 0.15) is 5.82 Å². The largest absolute Gasteiger partial charge is 0.478 e. The van der Waals surface area contributed by atoms with Crippen LogP contribution in [-0.4, -0.2) is 31.7 Å². The van der Waals surface area contributed by atoms with Crippen LogP contribution in [0.25, 0.3) is 11.8 Å². The zero-order valence-electron chi connectivity index (χ0n) is 15.5. The number of carbonyl (C=O) groups is 3. The summed E-state index contributed by atoms with van der Waals surface area (Å²) < 4.78 is 14.9. The van der Waals surface area contributed by atoms with Gasteiger partial charge in [0.2, 0.25) is 0 Å². The second-order valence-electron chi connectivity index (χ2n) is 6.55. The molecule has 4 rings (SSSR count). The average molecular weight is 422 g/mol. The molecule has 150 valence electrons. The number of thioether (sulfide) groups is 1. The Kier molecular flexibility index (Phi) is 5.24. The first-order chi connectivity index (χ1) is 14.4. The maximum Gasteiger partial charge on any atom is 0.335 e. The quantitative estimate of drug-likeness (QED) is 0.610. The molecule has 0 spiro atoms. The van der Waals surface area contributed by atoms with Crippen LogP contribution in [0, 0.1) is 5.82 Å². The summed E-state index contributed by atoms with van der Waals surface area (Å²) in [5, 5.41) is 8.65. The number of carbonyl (C=O) groups excluding carboxylic acids is 2. The zero-order chi connectivity index (χ0) is 21.3. The highest BCUT2D eigenvalue weighted by molar-refractivity contribution is 8.18. The van der Waals surface area contributed by atoms with Crippen LogP contribution in [0.4, 0.5) is 9.18 Å². The van der Waals surface area contributed by atoms with E-state index in [4.69, 9.17) is 5.11 Å². The molecule has 0 radical (unpaired) electrons. The number of rotatable bonds is 5. The highest BCUT2D eigenvalue weighted by atomic mass is 32.2. The fraction of sp³-hybridized carbons (Fsp3) is 0.0455. The standard InChI is InChI=1S/C22H15FN2O4S/c23-16-7-3-14(4-8-16)13-25-20(26)19(30-22(25)29)12-18-2-1-11-24(18)17-9-5-15(6-10-17)21(27)28/h1-12H,13H2,(H,27,28)/b19-12-. The van der Waals surface area contributed by atoms with Crippen molar-refractivity contribution in [3.63, 3.8) is 0 Å². The van der Waals surface area contributed by atoms with Gasteiger partial charge in [-0.3, -0.25) is 14.5 Å². The molecule has 2 aromatic carbocycles. The highest BCUT2D eigenvalue weighted by Gasteiger charge is 2.35. The molecule has 1 aliphatic heterocycles. The van der Waals surface area contributed by atoms with Crippen molar-refractivity contribution >= 4 is 35.0 Å². The number of hydrogen-bond donors (Lipinski definition) is 1. The van der Waals surface area contributed by atoms with E-state index < -0.39 is 11.9 Å². The molecule has 1 aliphatic rings. The Labute approximate surface area is 175 Å². The summed E-state index contributed by atoms with van der Waals surface area (Å²) >= 11 is 0.846. The van der Waals surface area contributed by atoms with Crippen molar-refractivity contribution < 1.29 is 23.9 Å². The molecule has 0 unspecified atom stereocenters. The Bertz CT molecular complexity index is 1170. The van der Waals surface area contributed by atoms with Crippen molar-refractivity contribution in [2.24, 2.45) is 0 Å². The van der Waals surface area contributed by atoms with E-state index >= 15 is 0 Å². The van der Waals surface area contributed by atoms with Crippen LogP contribution in [0.15, 0.2) is 71.8 Å². The number of carboxylic acid groups (broad SMARTS) is 1. The Morgan fingerprint density at radius 2 is 1.73 bits per heavy atom. The van der Waals surface area contributed by atoms with Gasteiger partial charge in [-0.15, -0.1) is 0 Å². The number of halogens is 1. The van der Waals surface area contributed by atoms with Crippen molar-refractivity contribution in [1.29, 1.82) is 0 Å². The molecule has 1 aromatic heterocycles. The number of amides is 2. The summed E-state index contributed by atoms with van der Waals surface area (Å²) in [7, 11) is 0. The van der Waals surface area contributed by atoms with Crippen molar-refractivity contribution in [3.05, 3.63) is 94.4 Å². The number of benzene rings is 2. The number of hydrogen-bond acceptors (Lipinski definition) is 4. The molecule has 8 heteroatoms. The van der Waals surface area contributed by atoms with Gasteiger partial charge in [0.15, 0.2) is 0 Å². The topological polar surface area (TPSA) is 79.6 Å². The van der Waals surface area contributed by atoms with Crippen LogP contribution in [0.5, 0.6) is 0 Å². The van der Waals surface area contributed by atoms with E-state index in [-0.39, 0.29) is 28.1 Å². The summed E-state index contributed by atoms with van der Waals surface area (Å²) in [6.07, 6.45) is 3.41. The van der Waals surface area contributed by atoms with Gasteiger partial charge in [-0.25, -0.2) is 9.18 Å². The van der Waals surface area contributed by atoms with Gasteiger partial charge in [0.05, 0.1) is 17.0 Å². The van der Waals surface area contributed by atoms with E-state index in [1.165, 1.54) is 36.4 Å². The van der Waals surface area contributed by atoms with Gasteiger partial charge in [-0.05, 0) is 71.9 Å². The third kappa shape index (κ3) is 3.90.